The number of anilines is 1. The van der Waals surface area contributed by atoms with Gasteiger partial charge in [-0.2, -0.15) is 0 Å². The van der Waals surface area contributed by atoms with E-state index in [0.717, 1.165) is 12.0 Å². The lowest BCUT2D eigenvalue weighted by atomic mass is 10.0. The number of hydrogen-bond donors (Lipinski definition) is 1. The van der Waals surface area contributed by atoms with E-state index in [1.54, 1.807) is 27.0 Å². The Labute approximate surface area is 96.0 Å². The van der Waals surface area contributed by atoms with E-state index in [0.29, 0.717) is 5.82 Å². The van der Waals surface area contributed by atoms with Crippen molar-refractivity contribution < 1.29 is 9.53 Å². The molecule has 6 heteroatoms. The Kier molecular flexibility index (Phi) is 3.87. The standard InChI is InChI=1S/C10H16BN3O2/c1-10(2,3)16-9(15)14-8-6-12-7(4-11)5-13-8/h5-6H,4,11H2,1-3H3,(H,13,14,15). The molecule has 0 radical (unpaired) electrons. The Balaban J connectivity index is 2.56. The summed E-state index contributed by atoms with van der Waals surface area (Å²) >= 11 is 0. The number of aromatic nitrogens is 2. The van der Waals surface area contributed by atoms with Gasteiger partial charge in [-0.15, -0.1) is 0 Å². The fourth-order valence-corrected chi connectivity index (χ4v) is 1.01. The van der Waals surface area contributed by atoms with Gasteiger partial charge in [0.25, 0.3) is 0 Å². The number of nitrogens with zero attached hydrogens (tertiary/aromatic N) is 2. The zero-order valence-corrected chi connectivity index (χ0v) is 10.1. The van der Waals surface area contributed by atoms with Crippen LogP contribution in [-0.4, -0.2) is 29.5 Å². The lowest BCUT2D eigenvalue weighted by molar-refractivity contribution is 0.0635. The Morgan fingerprint density at radius 2 is 2.12 bits per heavy atom. The molecular weight excluding hydrogens is 205 g/mol. The predicted molar refractivity (Wildman–Crippen MR) is 64.1 cm³/mol. The van der Waals surface area contributed by atoms with Gasteiger partial charge in [0.15, 0.2) is 5.82 Å². The molecule has 0 aliphatic rings. The van der Waals surface area contributed by atoms with Crippen LogP contribution in [0.4, 0.5) is 10.6 Å². The summed E-state index contributed by atoms with van der Waals surface area (Å²) in [4.78, 5) is 19.5. The van der Waals surface area contributed by atoms with Crippen LogP contribution in [0.1, 0.15) is 26.5 Å². The van der Waals surface area contributed by atoms with Crippen molar-refractivity contribution in [2.24, 2.45) is 0 Å². The molecule has 0 fully saturated rings. The highest BCUT2D eigenvalue weighted by Crippen LogP contribution is 2.09. The van der Waals surface area contributed by atoms with Gasteiger partial charge in [0.1, 0.15) is 13.4 Å². The summed E-state index contributed by atoms with van der Waals surface area (Å²) in [6, 6.07) is 0. The summed E-state index contributed by atoms with van der Waals surface area (Å²) in [7, 11) is 1.99. The zero-order valence-electron chi connectivity index (χ0n) is 10.1. The highest BCUT2D eigenvalue weighted by atomic mass is 16.6. The first-order valence-corrected chi connectivity index (χ1v) is 5.21. The fourth-order valence-electron chi connectivity index (χ4n) is 1.01. The van der Waals surface area contributed by atoms with E-state index in [2.05, 4.69) is 15.3 Å². The second-order valence-corrected chi connectivity index (χ2v) is 4.37. The minimum absolute atomic E-state index is 0.395. The molecule has 1 N–H and O–H groups in total. The van der Waals surface area contributed by atoms with Crippen LogP contribution in [0.25, 0.3) is 0 Å². The maximum Gasteiger partial charge on any atom is 0.413 e. The molecule has 1 heterocycles. The third-order valence-corrected chi connectivity index (χ3v) is 1.70. The van der Waals surface area contributed by atoms with Crippen LogP contribution in [-0.2, 0) is 11.1 Å². The smallest absolute Gasteiger partial charge is 0.413 e. The van der Waals surface area contributed by atoms with Crippen LogP contribution in [0.2, 0.25) is 0 Å². The molecule has 1 rings (SSSR count). The van der Waals surface area contributed by atoms with E-state index < -0.39 is 11.7 Å². The van der Waals surface area contributed by atoms with Gasteiger partial charge >= 0.3 is 6.09 Å². The Bertz CT molecular complexity index is 359. The minimum atomic E-state index is -0.522. The molecule has 5 nitrogen and oxygen atoms in total. The van der Waals surface area contributed by atoms with Gasteiger partial charge in [-0.05, 0) is 27.1 Å². The molecule has 0 atom stereocenters. The molecule has 16 heavy (non-hydrogen) atoms. The summed E-state index contributed by atoms with van der Waals surface area (Å²) in [6.07, 6.45) is 3.45. The van der Waals surface area contributed by atoms with Crippen molar-refractivity contribution in [1.82, 2.24) is 9.97 Å². The molecule has 0 unspecified atom stereocenters. The summed E-state index contributed by atoms with van der Waals surface area (Å²) < 4.78 is 5.08. The molecule has 0 aliphatic heterocycles. The van der Waals surface area contributed by atoms with E-state index in [1.807, 2.05) is 7.85 Å². The van der Waals surface area contributed by atoms with E-state index >= 15 is 0 Å². The molecule has 0 bridgehead atoms. The van der Waals surface area contributed by atoms with Crippen molar-refractivity contribution in [3.05, 3.63) is 18.1 Å². The first kappa shape index (κ1) is 12.5. The molecule has 0 spiro atoms. The average molecular weight is 221 g/mol. The monoisotopic (exact) mass is 221 g/mol. The largest absolute Gasteiger partial charge is 0.444 e. The highest BCUT2D eigenvalue weighted by molar-refractivity contribution is 6.08. The van der Waals surface area contributed by atoms with Crippen molar-refractivity contribution in [3.63, 3.8) is 0 Å². The van der Waals surface area contributed by atoms with Gasteiger partial charge < -0.3 is 4.74 Å². The quantitative estimate of drug-likeness (QED) is 0.755. The molecule has 0 aliphatic carbocycles. The predicted octanol–water partition coefficient (Wildman–Crippen LogP) is 0.957. The van der Waals surface area contributed by atoms with Crippen LogP contribution in [0, 0.1) is 0 Å². The van der Waals surface area contributed by atoms with Gasteiger partial charge in [-0.1, -0.05) is 0 Å². The number of ether oxygens (including phenoxy) is 1. The number of amides is 1. The molecule has 1 aromatic rings. The number of carbonyl (C=O) groups is 1. The van der Waals surface area contributed by atoms with Gasteiger partial charge in [-0.25, -0.2) is 9.78 Å². The lowest BCUT2D eigenvalue weighted by Crippen LogP contribution is -2.27. The number of nitrogens with one attached hydrogen (secondary N) is 1. The average Bonchev–Trinajstić information content (AvgIpc) is 2.16. The summed E-state index contributed by atoms with van der Waals surface area (Å²) in [5.74, 6) is 0.395. The van der Waals surface area contributed by atoms with Gasteiger partial charge in [0.2, 0.25) is 0 Å². The third-order valence-electron chi connectivity index (χ3n) is 1.70. The van der Waals surface area contributed by atoms with Crippen LogP contribution >= 0.6 is 0 Å². The Hall–Kier alpha value is -1.59. The maximum absolute atomic E-state index is 11.4. The Morgan fingerprint density at radius 1 is 1.44 bits per heavy atom. The first-order chi connectivity index (χ1) is 7.40. The maximum atomic E-state index is 11.4. The number of carbonyl (C=O) groups excluding carboxylic acids is 1. The van der Waals surface area contributed by atoms with Crippen LogP contribution < -0.4 is 5.32 Å². The fraction of sp³-hybridized carbons (Fsp3) is 0.500. The summed E-state index contributed by atoms with van der Waals surface area (Å²) in [5, 5.41) is 2.51. The molecule has 1 amide bonds. The SMILES string of the molecule is BCc1cnc(NC(=O)OC(C)(C)C)cn1. The normalized spacial score (nSPS) is 10.9. The number of hydrogen-bond acceptors (Lipinski definition) is 4. The molecule has 0 aromatic carbocycles. The van der Waals surface area contributed by atoms with Crippen molar-refractivity contribution in [2.75, 3.05) is 5.32 Å². The van der Waals surface area contributed by atoms with Gasteiger partial charge in [0, 0.05) is 0 Å². The zero-order chi connectivity index (χ0) is 12.2. The van der Waals surface area contributed by atoms with Crippen molar-refractivity contribution in [1.29, 1.82) is 0 Å². The minimum Gasteiger partial charge on any atom is -0.444 e. The Morgan fingerprint density at radius 3 is 2.56 bits per heavy atom. The number of rotatable bonds is 2. The topological polar surface area (TPSA) is 64.1 Å². The third kappa shape index (κ3) is 4.29. The van der Waals surface area contributed by atoms with Gasteiger partial charge in [0.05, 0.1) is 18.1 Å². The van der Waals surface area contributed by atoms with E-state index in [1.165, 1.54) is 6.20 Å². The van der Waals surface area contributed by atoms with Crippen LogP contribution in [0.15, 0.2) is 12.4 Å². The summed E-state index contributed by atoms with van der Waals surface area (Å²) in [6.45, 7) is 5.41. The van der Waals surface area contributed by atoms with Crippen molar-refractivity contribution in [3.8, 4) is 0 Å². The summed E-state index contributed by atoms with van der Waals surface area (Å²) in [5.41, 5.74) is 0.371. The molecule has 0 saturated carbocycles. The second-order valence-electron chi connectivity index (χ2n) is 4.37. The van der Waals surface area contributed by atoms with Crippen molar-refractivity contribution in [2.45, 2.75) is 32.7 Å². The van der Waals surface area contributed by atoms with E-state index in [4.69, 9.17) is 4.74 Å². The first-order valence-electron chi connectivity index (χ1n) is 5.21. The molecule has 86 valence electrons. The highest BCUT2D eigenvalue weighted by Gasteiger charge is 2.16. The molecular formula is C10H16BN3O2. The lowest BCUT2D eigenvalue weighted by Gasteiger charge is -2.19. The van der Waals surface area contributed by atoms with Crippen LogP contribution in [0.5, 0.6) is 0 Å². The molecule has 0 saturated heterocycles. The van der Waals surface area contributed by atoms with Gasteiger partial charge in [-0.3, -0.25) is 10.3 Å². The van der Waals surface area contributed by atoms with E-state index in [-0.39, 0.29) is 0 Å². The van der Waals surface area contributed by atoms with Crippen molar-refractivity contribution >= 4 is 19.8 Å². The molecule has 1 aromatic heterocycles. The van der Waals surface area contributed by atoms with E-state index in [9.17, 15) is 4.79 Å². The second kappa shape index (κ2) is 4.96. The van der Waals surface area contributed by atoms with Crippen LogP contribution in [0.3, 0.4) is 0 Å².